The van der Waals surface area contributed by atoms with Crippen molar-refractivity contribution in [3.63, 3.8) is 0 Å². The van der Waals surface area contributed by atoms with E-state index >= 15 is 0 Å². The van der Waals surface area contributed by atoms with Crippen LogP contribution in [0.25, 0.3) is 0 Å². The summed E-state index contributed by atoms with van der Waals surface area (Å²) in [6, 6.07) is 0. The molecule has 1 amide bonds. The summed E-state index contributed by atoms with van der Waals surface area (Å²) in [7, 11) is 1.39. The van der Waals surface area contributed by atoms with Gasteiger partial charge in [-0.3, -0.25) is 4.79 Å². The highest BCUT2D eigenvalue weighted by atomic mass is 28.4. The van der Waals surface area contributed by atoms with Crippen molar-refractivity contribution in [1.29, 1.82) is 0 Å². The molecule has 0 aromatic carbocycles. The highest BCUT2D eigenvalue weighted by Gasteiger charge is 2.70. The van der Waals surface area contributed by atoms with E-state index in [0.717, 1.165) is 44.3 Å². The summed E-state index contributed by atoms with van der Waals surface area (Å²) in [5.74, 6) is -0.645. The minimum atomic E-state index is -2.27. The van der Waals surface area contributed by atoms with Gasteiger partial charge in [-0.05, 0) is 49.2 Å². The Labute approximate surface area is 227 Å². The van der Waals surface area contributed by atoms with Gasteiger partial charge >= 0.3 is 0 Å². The molecular formula is C30H55NO5Si. The van der Waals surface area contributed by atoms with Crippen molar-refractivity contribution in [2.45, 2.75) is 128 Å². The lowest BCUT2D eigenvalue weighted by Gasteiger charge is -2.52. The van der Waals surface area contributed by atoms with E-state index in [4.69, 9.17) is 18.6 Å². The number of carbonyl (C=O) groups excluding carboxylic acids is 1. The summed E-state index contributed by atoms with van der Waals surface area (Å²) >= 11 is 0. The van der Waals surface area contributed by atoms with Crippen molar-refractivity contribution in [3.05, 3.63) is 12.2 Å². The Bertz CT molecular complexity index is 765. The fourth-order valence-corrected chi connectivity index (χ4v) is 13.8. The van der Waals surface area contributed by atoms with Gasteiger partial charge in [-0.25, -0.2) is 0 Å². The number of ether oxygens (including phenoxy) is 3. The average Bonchev–Trinajstić information content (AvgIpc) is 3.53. The van der Waals surface area contributed by atoms with Crippen molar-refractivity contribution in [2.75, 3.05) is 33.9 Å². The van der Waals surface area contributed by atoms with E-state index < -0.39 is 19.5 Å². The molecule has 7 heteroatoms. The summed E-state index contributed by atoms with van der Waals surface area (Å²) in [5, 5.41) is 0. The molecule has 3 rings (SSSR count). The van der Waals surface area contributed by atoms with Crippen LogP contribution in [0.5, 0.6) is 0 Å². The average molecular weight is 538 g/mol. The summed E-state index contributed by atoms with van der Waals surface area (Å²) in [6.45, 7) is 24.7. The first-order valence-corrected chi connectivity index (χ1v) is 16.8. The molecule has 0 aromatic heterocycles. The summed E-state index contributed by atoms with van der Waals surface area (Å²) in [5.41, 5.74) is 1.63. The fourth-order valence-electron chi connectivity index (χ4n) is 8.19. The lowest BCUT2D eigenvalue weighted by molar-refractivity contribution is -0.259. The quantitative estimate of drug-likeness (QED) is 0.217. The second-order valence-corrected chi connectivity index (χ2v) is 18.8. The van der Waals surface area contributed by atoms with Gasteiger partial charge in [-0.1, -0.05) is 60.6 Å². The number of amides is 1. The zero-order chi connectivity index (χ0) is 27.8. The van der Waals surface area contributed by atoms with Gasteiger partial charge in [0.05, 0.1) is 30.3 Å². The Kier molecular flexibility index (Phi) is 9.49. The Morgan fingerprint density at radius 2 is 1.51 bits per heavy atom. The lowest BCUT2D eigenvalue weighted by atomic mass is 9.66. The predicted molar refractivity (Wildman–Crippen MR) is 152 cm³/mol. The summed E-state index contributed by atoms with van der Waals surface area (Å²) in [4.78, 5) is 14.8. The smallest absolute Gasteiger partial charge is 0.222 e. The molecule has 1 aliphatic carbocycles. The zero-order valence-electron chi connectivity index (χ0n) is 25.4. The number of nitrogens with zero attached hydrogens (tertiary/aromatic N) is 1. The molecule has 2 aliphatic heterocycles. The fraction of sp³-hybridized carbons (Fsp3) is 0.900. The minimum Gasteiger partial charge on any atom is -0.412 e. The maximum atomic E-state index is 13.1. The largest absolute Gasteiger partial charge is 0.412 e. The number of hydrogen-bond acceptors (Lipinski definition) is 5. The Hall–Kier alpha value is -0.733. The molecule has 1 saturated carbocycles. The van der Waals surface area contributed by atoms with Gasteiger partial charge in [0, 0.05) is 39.5 Å². The third kappa shape index (κ3) is 5.24. The number of rotatable bonds is 11. The molecule has 214 valence electrons. The highest BCUT2D eigenvalue weighted by Crippen LogP contribution is 2.64. The predicted octanol–water partition coefficient (Wildman–Crippen LogP) is 6.70. The maximum absolute atomic E-state index is 13.1. The van der Waals surface area contributed by atoms with Gasteiger partial charge in [0.25, 0.3) is 0 Å². The molecule has 0 N–H and O–H groups in total. The van der Waals surface area contributed by atoms with Crippen LogP contribution in [0.4, 0.5) is 0 Å². The Balaban J connectivity index is 2.14. The van der Waals surface area contributed by atoms with E-state index in [-0.39, 0.29) is 23.5 Å². The highest BCUT2D eigenvalue weighted by molar-refractivity contribution is 6.77. The molecular weight excluding hydrogens is 482 g/mol. The van der Waals surface area contributed by atoms with Crippen LogP contribution in [-0.2, 0) is 23.4 Å². The summed E-state index contributed by atoms with van der Waals surface area (Å²) < 4.78 is 27.2. The summed E-state index contributed by atoms with van der Waals surface area (Å²) in [6.07, 6.45) is 4.80. The van der Waals surface area contributed by atoms with Crippen molar-refractivity contribution < 1.29 is 23.4 Å². The monoisotopic (exact) mass is 537 g/mol. The topological polar surface area (TPSA) is 57.2 Å². The molecule has 0 radical (unpaired) electrons. The van der Waals surface area contributed by atoms with Crippen LogP contribution in [0.1, 0.15) is 93.9 Å². The van der Waals surface area contributed by atoms with Gasteiger partial charge in [0.15, 0.2) is 5.79 Å². The van der Waals surface area contributed by atoms with Crippen molar-refractivity contribution in [2.24, 2.45) is 11.3 Å². The third-order valence-electron chi connectivity index (χ3n) is 10.2. The lowest BCUT2D eigenvalue weighted by Crippen LogP contribution is -2.59. The van der Waals surface area contributed by atoms with E-state index in [1.807, 2.05) is 14.1 Å². The Morgan fingerprint density at radius 3 is 1.95 bits per heavy atom. The third-order valence-corrected chi connectivity index (χ3v) is 16.3. The van der Waals surface area contributed by atoms with Gasteiger partial charge in [-0.15, -0.1) is 0 Å². The van der Waals surface area contributed by atoms with Gasteiger partial charge in [0.2, 0.25) is 14.2 Å². The van der Waals surface area contributed by atoms with E-state index in [2.05, 4.69) is 62.0 Å². The normalized spacial score (nSPS) is 29.2. The first-order valence-electron chi connectivity index (χ1n) is 14.6. The van der Waals surface area contributed by atoms with Gasteiger partial charge in [0.1, 0.15) is 0 Å². The molecule has 2 unspecified atom stereocenters. The van der Waals surface area contributed by atoms with Crippen LogP contribution in [-0.4, -0.2) is 70.5 Å². The van der Waals surface area contributed by atoms with Crippen molar-refractivity contribution in [3.8, 4) is 0 Å². The first kappa shape index (κ1) is 30.8. The van der Waals surface area contributed by atoms with Gasteiger partial charge in [-0.2, -0.15) is 0 Å². The molecule has 2 saturated heterocycles. The van der Waals surface area contributed by atoms with Crippen molar-refractivity contribution >= 4 is 14.2 Å². The second-order valence-electron chi connectivity index (χ2n) is 13.4. The van der Waals surface area contributed by atoms with E-state index in [0.29, 0.717) is 36.3 Å². The minimum absolute atomic E-state index is 0.0904. The zero-order valence-corrected chi connectivity index (χ0v) is 26.4. The molecule has 4 atom stereocenters. The van der Waals surface area contributed by atoms with Crippen LogP contribution in [0, 0.1) is 11.3 Å². The molecule has 6 nitrogen and oxygen atoms in total. The second kappa shape index (κ2) is 11.4. The molecule has 2 heterocycles. The van der Waals surface area contributed by atoms with E-state index in [1.165, 1.54) is 0 Å². The molecule has 0 bridgehead atoms. The van der Waals surface area contributed by atoms with Crippen LogP contribution < -0.4 is 0 Å². The number of carbonyl (C=O) groups is 1. The first-order chi connectivity index (χ1) is 17.2. The SMILES string of the molecule is C=C(C)[C@@H](CC(=O)N(C)C)[C@H](CC1(C)C2(CCCO2)CCC12OCCO2)O[Si](C(C)C)(C(C)C)C(C)C. The molecule has 37 heavy (non-hydrogen) atoms. The number of hydrogen-bond donors (Lipinski definition) is 0. The Morgan fingerprint density at radius 1 is 0.946 bits per heavy atom. The molecule has 3 aliphatic rings. The van der Waals surface area contributed by atoms with Crippen LogP contribution in [0.2, 0.25) is 16.6 Å². The molecule has 2 spiro atoms. The molecule has 0 aromatic rings. The van der Waals surface area contributed by atoms with Crippen molar-refractivity contribution in [1.82, 2.24) is 4.90 Å². The van der Waals surface area contributed by atoms with Crippen LogP contribution in [0.3, 0.4) is 0 Å². The van der Waals surface area contributed by atoms with Crippen LogP contribution >= 0.6 is 0 Å². The standard InChI is InChI=1S/C30H55NO5Si/c1-21(2)25(19-27(32)31(10)11)26(36-37(22(3)4,23(5)6)24(7)8)20-28(9)29(13-12-16-33-29)14-15-30(28)34-17-18-35-30/h22-26H,1,12-20H2,2-11H3/t25-,26+,28?,29?/m1/s1. The van der Waals surface area contributed by atoms with E-state index in [9.17, 15) is 4.79 Å². The molecule has 3 fully saturated rings. The van der Waals surface area contributed by atoms with Crippen LogP contribution in [0.15, 0.2) is 12.2 Å². The van der Waals surface area contributed by atoms with Gasteiger partial charge < -0.3 is 23.5 Å². The van der Waals surface area contributed by atoms with E-state index in [1.54, 1.807) is 4.90 Å². The maximum Gasteiger partial charge on any atom is 0.222 e.